The highest BCUT2D eigenvalue weighted by Gasteiger charge is 2.39. The van der Waals surface area contributed by atoms with Gasteiger partial charge in [0.15, 0.2) is 0 Å². The van der Waals surface area contributed by atoms with E-state index in [0.29, 0.717) is 12.1 Å². The summed E-state index contributed by atoms with van der Waals surface area (Å²) < 4.78 is 0. The third-order valence-electron chi connectivity index (χ3n) is 3.69. The summed E-state index contributed by atoms with van der Waals surface area (Å²) >= 11 is 0. The first-order valence-corrected chi connectivity index (χ1v) is 6.24. The number of carbonyl (C=O) groups excluding carboxylic acids is 1. The maximum absolute atomic E-state index is 12.3. The van der Waals surface area contributed by atoms with Gasteiger partial charge in [-0.15, -0.1) is 0 Å². The third-order valence-corrected chi connectivity index (χ3v) is 3.69. The fourth-order valence-corrected chi connectivity index (χ4v) is 2.41. The number of aliphatic hydroxyl groups is 2. The Hall–Kier alpha value is -1.39. The van der Waals surface area contributed by atoms with Crippen LogP contribution in [-0.2, 0) is 0 Å². The number of carbonyl (C=O) groups is 1. The highest BCUT2D eigenvalue weighted by molar-refractivity contribution is 5.94. The molecule has 2 N–H and O–H groups in total. The molecule has 0 aromatic heterocycles. The van der Waals surface area contributed by atoms with E-state index in [1.807, 2.05) is 25.1 Å². The minimum absolute atomic E-state index is 0.0964. The van der Waals surface area contributed by atoms with Crippen LogP contribution in [0.3, 0.4) is 0 Å². The summed E-state index contributed by atoms with van der Waals surface area (Å²) in [4.78, 5) is 14.0. The Morgan fingerprint density at radius 3 is 2.39 bits per heavy atom. The number of piperidine rings is 1. The molecule has 18 heavy (non-hydrogen) atoms. The summed E-state index contributed by atoms with van der Waals surface area (Å²) in [7, 11) is 0. The number of nitrogens with zero attached hydrogens (tertiary/aromatic N) is 1. The molecule has 1 heterocycles. The molecular formula is C14H19NO3. The topological polar surface area (TPSA) is 60.8 Å². The van der Waals surface area contributed by atoms with Gasteiger partial charge in [0.05, 0.1) is 12.1 Å². The molecule has 1 aromatic rings. The van der Waals surface area contributed by atoms with Crippen molar-refractivity contribution in [1.29, 1.82) is 0 Å². The number of benzene rings is 1. The molecule has 98 valence electrons. The van der Waals surface area contributed by atoms with Crippen molar-refractivity contribution in [3.63, 3.8) is 0 Å². The second-order valence-corrected chi connectivity index (χ2v) is 5.02. The van der Waals surface area contributed by atoms with Crippen molar-refractivity contribution in [3.8, 4) is 0 Å². The van der Waals surface area contributed by atoms with Crippen LogP contribution >= 0.6 is 0 Å². The van der Waals surface area contributed by atoms with Crippen LogP contribution in [0, 0.1) is 5.92 Å². The van der Waals surface area contributed by atoms with Crippen LogP contribution in [0.4, 0.5) is 0 Å². The van der Waals surface area contributed by atoms with E-state index in [-0.39, 0.29) is 17.9 Å². The van der Waals surface area contributed by atoms with Gasteiger partial charge >= 0.3 is 0 Å². The van der Waals surface area contributed by atoms with Crippen molar-refractivity contribution in [2.45, 2.75) is 32.1 Å². The second kappa shape index (κ2) is 5.08. The summed E-state index contributed by atoms with van der Waals surface area (Å²) in [6, 6.07) is 8.64. The van der Waals surface area contributed by atoms with Gasteiger partial charge in [0.1, 0.15) is 6.10 Å². The highest BCUT2D eigenvalue weighted by Crippen LogP contribution is 2.24. The van der Waals surface area contributed by atoms with Gasteiger partial charge in [-0.3, -0.25) is 4.79 Å². The minimum atomic E-state index is -0.888. The number of amides is 1. The Kier molecular flexibility index (Phi) is 3.68. The molecule has 1 saturated heterocycles. The van der Waals surface area contributed by atoms with Crippen molar-refractivity contribution in [2.75, 3.05) is 6.54 Å². The van der Waals surface area contributed by atoms with E-state index in [9.17, 15) is 15.0 Å². The van der Waals surface area contributed by atoms with Crippen molar-refractivity contribution in [1.82, 2.24) is 4.90 Å². The lowest BCUT2D eigenvalue weighted by Crippen LogP contribution is -2.58. The van der Waals surface area contributed by atoms with Gasteiger partial charge in [0, 0.05) is 18.0 Å². The van der Waals surface area contributed by atoms with Crippen LogP contribution in [-0.4, -0.2) is 45.8 Å². The van der Waals surface area contributed by atoms with E-state index in [2.05, 4.69) is 0 Å². The molecule has 0 saturated carbocycles. The zero-order valence-corrected chi connectivity index (χ0v) is 10.7. The molecular weight excluding hydrogens is 230 g/mol. The molecule has 1 fully saturated rings. The zero-order chi connectivity index (χ0) is 13.3. The van der Waals surface area contributed by atoms with Gasteiger partial charge in [-0.2, -0.15) is 0 Å². The molecule has 0 aliphatic carbocycles. The van der Waals surface area contributed by atoms with Crippen molar-refractivity contribution in [2.24, 2.45) is 5.92 Å². The molecule has 4 atom stereocenters. The Morgan fingerprint density at radius 1 is 1.17 bits per heavy atom. The SMILES string of the molecule is CC1CN(C(=O)c2ccccc2)C(C)C(O)C1O. The minimum Gasteiger partial charge on any atom is -0.390 e. The summed E-state index contributed by atoms with van der Waals surface area (Å²) in [5, 5.41) is 19.7. The standard InChI is InChI=1S/C14H19NO3/c1-9-8-15(10(2)13(17)12(9)16)14(18)11-6-4-3-5-7-11/h3-7,9-10,12-13,16-17H,8H2,1-2H3. The van der Waals surface area contributed by atoms with Gasteiger partial charge in [-0.05, 0) is 19.1 Å². The Balaban J connectivity index is 2.20. The van der Waals surface area contributed by atoms with Gasteiger partial charge < -0.3 is 15.1 Å². The molecule has 4 heteroatoms. The maximum Gasteiger partial charge on any atom is 0.254 e. The largest absolute Gasteiger partial charge is 0.390 e. The number of likely N-dealkylation sites (tertiary alicyclic amines) is 1. The van der Waals surface area contributed by atoms with E-state index in [1.54, 1.807) is 24.0 Å². The van der Waals surface area contributed by atoms with E-state index in [4.69, 9.17) is 0 Å². The van der Waals surface area contributed by atoms with Gasteiger partial charge in [-0.1, -0.05) is 25.1 Å². The number of hydrogen-bond acceptors (Lipinski definition) is 3. The molecule has 4 unspecified atom stereocenters. The Labute approximate surface area is 107 Å². The van der Waals surface area contributed by atoms with Crippen molar-refractivity contribution >= 4 is 5.91 Å². The normalized spacial score (nSPS) is 32.3. The van der Waals surface area contributed by atoms with E-state index >= 15 is 0 Å². The van der Waals surface area contributed by atoms with Crippen LogP contribution in [0.2, 0.25) is 0 Å². The summed E-state index contributed by atoms with van der Waals surface area (Å²) in [5.41, 5.74) is 0.611. The van der Waals surface area contributed by atoms with Crippen LogP contribution < -0.4 is 0 Å². The molecule has 1 aliphatic heterocycles. The monoisotopic (exact) mass is 249 g/mol. The maximum atomic E-state index is 12.3. The molecule has 0 radical (unpaired) electrons. The molecule has 1 amide bonds. The lowest BCUT2D eigenvalue weighted by Gasteiger charge is -2.43. The summed E-state index contributed by atoms with van der Waals surface area (Å²) in [6.45, 7) is 4.07. The molecule has 0 bridgehead atoms. The van der Waals surface area contributed by atoms with E-state index in [0.717, 1.165) is 0 Å². The second-order valence-electron chi connectivity index (χ2n) is 5.02. The van der Waals surface area contributed by atoms with Crippen LogP contribution in [0.15, 0.2) is 30.3 Å². The molecule has 2 rings (SSSR count). The zero-order valence-electron chi connectivity index (χ0n) is 10.7. The lowest BCUT2D eigenvalue weighted by atomic mass is 9.89. The lowest BCUT2D eigenvalue weighted by molar-refractivity contribution is -0.0874. The van der Waals surface area contributed by atoms with Crippen molar-refractivity contribution < 1.29 is 15.0 Å². The first-order chi connectivity index (χ1) is 8.52. The average Bonchev–Trinajstić information content (AvgIpc) is 2.41. The van der Waals surface area contributed by atoms with E-state index in [1.165, 1.54) is 0 Å². The number of aliphatic hydroxyl groups excluding tert-OH is 2. The Bertz CT molecular complexity index is 420. The first-order valence-electron chi connectivity index (χ1n) is 6.24. The Morgan fingerprint density at radius 2 is 1.78 bits per heavy atom. The predicted octanol–water partition coefficient (Wildman–Crippen LogP) is 0.889. The molecule has 1 aromatic carbocycles. The van der Waals surface area contributed by atoms with Crippen molar-refractivity contribution in [3.05, 3.63) is 35.9 Å². The number of rotatable bonds is 1. The predicted molar refractivity (Wildman–Crippen MR) is 68.1 cm³/mol. The smallest absolute Gasteiger partial charge is 0.254 e. The van der Waals surface area contributed by atoms with Gasteiger partial charge in [0.25, 0.3) is 5.91 Å². The third kappa shape index (κ3) is 2.26. The van der Waals surface area contributed by atoms with E-state index < -0.39 is 12.2 Å². The highest BCUT2D eigenvalue weighted by atomic mass is 16.3. The van der Waals surface area contributed by atoms with Crippen LogP contribution in [0.1, 0.15) is 24.2 Å². The first kappa shape index (κ1) is 13.1. The fraction of sp³-hybridized carbons (Fsp3) is 0.500. The van der Waals surface area contributed by atoms with Crippen LogP contribution in [0.5, 0.6) is 0 Å². The molecule has 0 spiro atoms. The average molecular weight is 249 g/mol. The summed E-state index contributed by atoms with van der Waals surface area (Å²) in [6.07, 6.45) is -1.65. The van der Waals surface area contributed by atoms with Gasteiger partial charge in [0.2, 0.25) is 0 Å². The van der Waals surface area contributed by atoms with Gasteiger partial charge in [-0.25, -0.2) is 0 Å². The molecule has 1 aliphatic rings. The number of hydrogen-bond donors (Lipinski definition) is 2. The fourth-order valence-electron chi connectivity index (χ4n) is 2.41. The quantitative estimate of drug-likeness (QED) is 0.777. The molecule has 4 nitrogen and oxygen atoms in total. The summed E-state index contributed by atoms with van der Waals surface area (Å²) in [5.74, 6) is -0.218. The van der Waals surface area contributed by atoms with Crippen LogP contribution in [0.25, 0.3) is 0 Å².